The van der Waals surface area contributed by atoms with Gasteiger partial charge in [-0.15, -0.1) is 0 Å². The van der Waals surface area contributed by atoms with E-state index in [1.165, 1.54) is 24.3 Å². The van der Waals surface area contributed by atoms with Gasteiger partial charge in [0.05, 0.1) is 31.8 Å². The fraction of sp³-hybridized carbons (Fsp3) is 0.367. The van der Waals surface area contributed by atoms with Crippen LogP contribution in [0.3, 0.4) is 0 Å². The Balaban J connectivity index is 1.97. The van der Waals surface area contributed by atoms with E-state index in [0.717, 1.165) is 5.56 Å². The van der Waals surface area contributed by atoms with Gasteiger partial charge in [0, 0.05) is 18.2 Å². The van der Waals surface area contributed by atoms with Gasteiger partial charge >= 0.3 is 5.97 Å². The second-order valence-corrected chi connectivity index (χ2v) is 10.1. The van der Waals surface area contributed by atoms with Gasteiger partial charge in [-0.3, -0.25) is 4.79 Å². The number of benzene rings is 3. The molecule has 3 aromatic rings. The lowest BCUT2D eigenvalue weighted by molar-refractivity contribution is -0.139. The number of carboxylic acids is 1. The maximum absolute atomic E-state index is 15.0. The van der Waals surface area contributed by atoms with Gasteiger partial charge in [0.1, 0.15) is 12.4 Å². The van der Waals surface area contributed by atoms with Gasteiger partial charge in [0.25, 0.3) is 0 Å². The first-order chi connectivity index (χ1) is 18.0. The number of carbonyl (C=O) groups is 1. The summed E-state index contributed by atoms with van der Waals surface area (Å²) in [7, 11) is 1.59. The number of aliphatic carboxylic acids is 1. The normalized spacial score (nSPS) is 13.2. The van der Waals surface area contributed by atoms with Crippen molar-refractivity contribution in [1.29, 1.82) is 0 Å². The second-order valence-electron chi connectivity index (χ2n) is 10.1. The molecule has 0 bridgehead atoms. The lowest BCUT2D eigenvalue weighted by Gasteiger charge is -2.33. The van der Waals surface area contributed by atoms with Crippen molar-refractivity contribution in [3.05, 3.63) is 89.0 Å². The Bertz CT molecular complexity index is 1240. The molecule has 204 valence electrons. The number of halogens is 2. The van der Waals surface area contributed by atoms with E-state index in [0.29, 0.717) is 29.9 Å². The summed E-state index contributed by atoms with van der Waals surface area (Å²) in [6.07, 6.45) is -2.55. The van der Waals surface area contributed by atoms with Crippen LogP contribution < -0.4 is 4.74 Å². The highest BCUT2D eigenvalue weighted by Crippen LogP contribution is 2.42. The summed E-state index contributed by atoms with van der Waals surface area (Å²) in [5, 5.41) is 19.0. The Morgan fingerprint density at radius 2 is 1.68 bits per heavy atom. The fourth-order valence-corrected chi connectivity index (χ4v) is 4.23. The van der Waals surface area contributed by atoms with E-state index in [9.17, 15) is 18.7 Å². The van der Waals surface area contributed by atoms with E-state index in [1.807, 2.05) is 26.8 Å². The largest absolute Gasteiger partial charge is 0.486 e. The summed E-state index contributed by atoms with van der Waals surface area (Å²) in [4.78, 5) is 10.9. The third kappa shape index (κ3) is 7.37. The summed E-state index contributed by atoms with van der Waals surface area (Å²) in [6, 6.07) is 16.2. The smallest absolute Gasteiger partial charge is 0.306 e. The molecule has 0 amide bonds. The average Bonchev–Trinajstić information content (AvgIpc) is 2.85. The lowest BCUT2D eigenvalue weighted by atomic mass is 9.81. The number of hydrogen-bond acceptors (Lipinski definition) is 5. The molecule has 0 aliphatic carbocycles. The predicted molar refractivity (Wildman–Crippen MR) is 140 cm³/mol. The number of aliphatic hydroxyl groups excluding tert-OH is 1. The highest BCUT2D eigenvalue weighted by Gasteiger charge is 2.30. The van der Waals surface area contributed by atoms with Crippen molar-refractivity contribution in [2.24, 2.45) is 5.41 Å². The van der Waals surface area contributed by atoms with Crippen molar-refractivity contribution < 1.29 is 38.0 Å². The standard InChI is InChI=1S/C30H34F2O6/c1-30(2,3)29(37-15-14-36-4)23-16-19(12-13-20(23)21-8-5-6-10-24(21)31)18-38-26-11-7-9-22(28(26)32)25(33)17-27(34)35/h5-13,16,25,29,33H,14-15,17-18H2,1-4H3,(H,34,35)/t25-,29-/m1/s1. The maximum atomic E-state index is 15.0. The van der Waals surface area contributed by atoms with Crippen LogP contribution in [-0.2, 0) is 20.9 Å². The molecular formula is C30H34F2O6. The number of carboxylic acid groups (broad SMARTS) is 1. The quantitative estimate of drug-likeness (QED) is 0.262. The Hall–Kier alpha value is -3.33. The molecule has 8 heteroatoms. The maximum Gasteiger partial charge on any atom is 0.306 e. The Kier molecular flexibility index (Phi) is 9.96. The molecule has 0 radical (unpaired) electrons. The van der Waals surface area contributed by atoms with E-state index in [2.05, 4.69) is 0 Å². The molecule has 38 heavy (non-hydrogen) atoms. The molecule has 0 saturated heterocycles. The van der Waals surface area contributed by atoms with Gasteiger partial charge < -0.3 is 24.4 Å². The van der Waals surface area contributed by atoms with Crippen LogP contribution in [0, 0.1) is 17.0 Å². The Morgan fingerprint density at radius 3 is 2.34 bits per heavy atom. The number of aliphatic hydroxyl groups is 1. The fourth-order valence-electron chi connectivity index (χ4n) is 4.23. The van der Waals surface area contributed by atoms with Gasteiger partial charge in [-0.25, -0.2) is 8.78 Å². The third-order valence-corrected chi connectivity index (χ3v) is 6.04. The van der Waals surface area contributed by atoms with Gasteiger partial charge in [0.2, 0.25) is 0 Å². The number of hydrogen-bond donors (Lipinski definition) is 2. The van der Waals surface area contributed by atoms with Crippen LogP contribution >= 0.6 is 0 Å². The van der Waals surface area contributed by atoms with E-state index >= 15 is 0 Å². The van der Waals surface area contributed by atoms with E-state index in [1.54, 1.807) is 37.4 Å². The number of ether oxygens (including phenoxy) is 3. The van der Waals surface area contributed by atoms with Crippen LogP contribution in [-0.4, -0.2) is 36.5 Å². The molecule has 0 unspecified atom stereocenters. The minimum Gasteiger partial charge on any atom is -0.486 e. The molecule has 0 spiro atoms. The molecule has 0 heterocycles. The molecule has 0 fully saturated rings. The topological polar surface area (TPSA) is 85.2 Å². The summed E-state index contributed by atoms with van der Waals surface area (Å²) in [5.74, 6) is -2.54. The van der Waals surface area contributed by atoms with E-state index < -0.39 is 30.4 Å². The van der Waals surface area contributed by atoms with Crippen molar-refractivity contribution in [2.75, 3.05) is 20.3 Å². The zero-order valence-corrected chi connectivity index (χ0v) is 22.0. The summed E-state index contributed by atoms with van der Waals surface area (Å²) >= 11 is 0. The molecule has 6 nitrogen and oxygen atoms in total. The lowest BCUT2D eigenvalue weighted by Crippen LogP contribution is -2.24. The molecule has 2 N–H and O–H groups in total. The molecule has 3 rings (SSSR count). The minimum absolute atomic E-state index is 0.0190. The monoisotopic (exact) mass is 528 g/mol. The Labute approximate surface area is 221 Å². The van der Waals surface area contributed by atoms with Crippen LogP contribution in [0.1, 0.15) is 56.1 Å². The predicted octanol–water partition coefficient (Wildman–Crippen LogP) is 6.47. The highest BCUT2D eigenvalue weighted by molar-refractivity contribution is 5.69. The third-order valence-electron chi connectivity index (χ3n) is 6.04. The summed E-state index contributed by atoms with van der Waals surface area (Å²) in [6.45, 7) is 6.81. The van der Waals surface area contributed by atoms with E-state index in [-0.39, 0.29) is 29.2 Å². The highest BCUT2D eigenvalue weighted by atomic mass is 19.1. The molecule has 3 aromatic carbocycles. The molecule has 0 aromatic heterocycles. The first-order valence-electron chi connectivity index (χ1n) is 12.3. The first kappa shape index (κ1) is 29.2. The van der Waals surface area contributed by atoms with Gasteiger partial charge in [-0.1, -0.05) is 63.2 Å². The van der Waals surface area contributed by atoms with Crippen LogP contribution in [0.2, 0.25) is 0 Å². The zero-order chi connectivity index (χ0) is 27.9. The van der Waals surface area contributed by atoms with Gasteiger partial charge in [-0.2, -0.15) is 0 Å². The number of methoxy groups -OCH3 is 1. The molecule has 0 saturated carbocycles. The van der Waals surface area contributed by atoms with Crippen LogP contribution in [0.4, 0.5) is 8.78 Å². The molecular weight excluding hydrogens is 494 g/mol. The van der Waals surface area contributed by atoms with Crippen molar-refractivity contribution in [3.8, 4) is 16.9 Å². The minimum atomic E-state index is -1.50. The van der Waals surface area contributed by atoms with Crippen LogP contribution in [0.15, 0.2) is 60.7 Å². The molecule has 0 aliphatic rings. The van der Waals surface area contributed by atoms with Crippen molar-refractivity contribution >= 4 is 5.97 Å². The molecule has 0 aliphatic heterocycles. The second kappa shape index (κ2) is 13.0. The van der Waals surface area contributed by atoms with Crippen molar-refractivity contribution in [2.45, 2.75) is 46.0 Å². The van der Waals surface area contributed by atoms with Gasteiger partial charge in [0.15, 0.2) is 11.6 Å². The van der Waals surface area contributed by atoms with E-state index in [4.69, 9.17) is 19.3 Å². The van der Waals surface area contributed by atoms with Crippen LogP contribution in [0.25, 0.3) is 11.1 Å². The van der Waals surface area contributed by atoms with Crippen molar-refractivity contribution in [3.63, 3.8) is 0 Å². The Morgan fingerprint density at radius 1 is 0.947 bits per heavy atom. The van der Waals surface area contributed by atoms with Gasteiger partial charge in [-0.05, 0) is 40.3 Å². The summed E-state index contributed by atoms with van der Waals surface area (Å²) in [5.41, 5.74) is 2.06. The SMILES string of the molecule is COCCO[C@H](c1cc(COc2cccc([C@H](O)CC(=O)O)c2F)ccc1-c1ccccc1F)C(C)(C)C. The number of rotatable bonds is 12. The first-order valence-corrected chi connectivity index (χ1v) is 12.3. The zero-order valence-electron chi connectivity index (χ0n) is 22.0. The summed E-state index contributed by atoms with van der Waals surface area (Å²) < 4.78 is 46.9. The van der Waals surface area contributed by atoms with Crippen molar-refractivity contribution in [1.82, 2.24) is 0 Å². The average molecular weight is 529 g/mol. The van der Waals surface area contributed by atoms with Crippen LogP contribution in [0.5, 0.6) is 5.75 Å². The molecule has 2 atom stereocenters.